The molecule has 0 rings (SSSR count). The molecule has 0 aromatic carbocycles. The normalized spacial score (nSPS) is 13.7. The SMILES string of the molecule is CC.CC[C@H](NC)C(C)=O.C\C=C/N=C(C)/C(C)=C/C=C(\C)CC. The van der Waals surface area contributed by atoms with E-state index < -0.39 is 0 Å². The molecule has 0 amide bonds. The van der Waals surface area contributed by atoms with Crippen LogP contribution >= 0.6 is 0 Å². The van der Waals surface area contributed by atoms with Gasteiger partial charge in [-0.15, -0.1) is 0 Å². The minimum absolute atomic E-state index is 0.0648. The largest absolute Gasteiger partial charge is 0.311 e. The minimum Gasteiger partial charge on any atom is -0.311 e. The molecular formula is C21H40N2O. The van der Waals surface area contributed by atoms with Crippen LogP contribution in [0.4, 0.5) is 0 Å². The van der Waals surface area contributed by atoms with E-state index in [4.69, 9.17) is 0 Å². The third kappa shape index (κ3) is 16.9. The van der Waals surface area contributed by atoms with E-state index in [2.05, 4.69) is 43.2 Å². The first-order valence-electron chi connectivity index (χ1n) is 9.01. The fourth-order valence-corrected chi connectivity index (χ4v) is 1.49. The fourth-order valence-electron chi connectivity index (χ4n) is 1.49. The zero-order valence-corrected chi connectivity index (χ0v) is 17.7. The second-order valence-electron chi connectivity index (χ2n) is 5.27. The molecule has 0 aromatic heterocycles. The van der Waals surface area contributed by atoms with Crippen molar-refractivity contribution in [2.24, 2.45) is 4.99 Å². The predicted molar refractivity (Wildman–Crippen MR) is 111 cm³/mol. The molecule has 24 heavy (non-hydrogen) atoms. The monoisotopic (exact) mass is 336 g/mol. The molecule has 0 fully saturated rings. The van der Waals surface area contributed by atoms with Crippen molar-refractivity contribution in [2.75, 3.05) is 7.05 Å². The van der Waals surface area contributed by atoms with Gasteiger partial charge in [-0.25, -0.2) is 0 Å². The van der Waals surface area contributed by atoms with Crippen LogP contribution in [0.3, 0.4) is 0 Å². The van der Waals surface area contributed by atoms with Crippen molar-refractivity contribution in [2.45, 2.75) is 81.2 Å². The summed E-state index contributed by atoms with van der Waals surface area (Å²) in [7, 11) is 1.80. The van der Waals surface area contributed by atoms with Gasteiger partial charge in [0.15, 0.2) is 0 Å². The molecule has 0 aliphatic rings. The lowest BCUT2D eigenvalue weighted by Crippen LogP contribution is -2.31. The van der Waals surface area contributed by atoms with Crippen molar-refractivity contribution in [1.82, 2.24) is 5.32 Å². The molecule has 0 unspecified atom stereocenters. The number of aliphatic imine (C=N–C) groups is 1. The van der Waals surface area contributed by atoms with Gasteiger partial charge >= 0.3 is 0 Å². The van der Waals surface area contributed by atoms with Gasteiger partial charge < -0.3 is 5.32 Å². The van der Waals surface area contributed by atoms with Gasteiger partial charge in [0.2, 0.25) is 0 Å². The van der Waals surface area contributed by atoms with Crippen LogP contribution in [0.15, 0.2) is 40.6 Å². The Morgan fingerprint density at radius 2 is 1.62 bits per heavy atom. The van der Waals surface area contributed by atoms with Crippen LogP contribution in [-0.4, -0.2) is 24.6 Å². The van der Waals surface area contributed by atoms with Gasteiger partial charge in [0, 0.05) is 11.9 Å². The number of allylic oxidation sites excluding steroid dienone is 5. The summed E-state index contributed by atoms with van der Waals surface area (Å²) < 4.78 is 0. The lowest BCUT2D eigenvalue weighted by atomic mass is 10.1. The molecule has 0 spiro atoms. The second kappa shape index (κ2) is 19.6. The van der Waals surface area contributed by atoms with E-state index in [0.717, 1.165) is 18.6 Å². The van der Waals surface area contributed by atoms with E-state index in [1.165, 1.54) is 11.1 Å². The molecule has 0 saturated heterocycles. The Bertz CT molecular complexity index is 425. The first kappa shape index (κ1) is 27.4. The lowest BCUT2D eigenvalue weighted by molar-refractivity contribution is -0.118. The summed E-state index contributed by atoms with van der Waals surface area (Å²) in [5, 5.41) is 2.90. The van der Waals surface area contributed by atoms with Crippen LogP contribution in [0, 0.1) is 0 Å². The van der Waals surface area contributed by atoms with E-state index in [1.54, 1.807) is 14.0 Å². The van der Waals surface area contributed by atoms with Gasteiger partial charge in [0.25, 0.3) is 0 Å². The quantitative estimate of drug-likeness (QED) is 0.465. The number of likely N-dealkylation sites (N-methyl/N-ethyl adjacent to an activating group) is 1. The average Bonchev–Trinajstić information content (AvgIpc) is 2.60. The molecule has 1 N–H and O–H groups in total. The Balaban J connectivity index is -0.000000374. The summed E-state index contributed by atoms with van der Waals surface area (Å²) in [6.45, 7) is 18.0. The van der Waals surface area contributed by atoms with Crippen molar-refractivity contribution in [3.05, 3.63) is 35.6 Å². The first-order chi connectivity index (χ1) is 11.3. The highest BCUT2D eigenvalue weighted by Gasteiger charge is 2.05. The number of Topliss-reactive ketones (excluding diaryl/α,β-unsaturated/α-hetero) is 1. The average molecular weight is 337 g/mol. The zero-order valence-electron chi connectivity index (χ0n) is 17.7. The van der Waals surface area contributed by atoms with Crippen molar-refractivity contribution in [3.63, 3.8) is 0 Å². The Morgan fingerprint density at radius 3 is 1.92 bits per heavy atom. The predicted octanol–water partition coefficient (Wildman–Crippen LogP) is 5.88. The van der Waals surface area contributed by atoms with Gasteiger partial charge in [-0.05, 0) is 60.1 Å². The molecule has 0 radical (unpaired) electrons. The summed E-state index contributed by atoms with van der Waals surface area (Å²) in [6.07, 6.45) is 10.0. The number of ketones is 1. The zero-order chi connectivity index (χ0) is 19.5. The Morgan fingerprint density at radius 1 is 1.08 bits per heavy atom. The van der Waals surface area contributed by atoms with E-state index >= 15 is 0 Å². The van der Waals surface area contributed by atoms with Crippen LogP contribution in [0.2, 0.25) is 0 Å². The molecule has 0 bridgehead atoms. The van der Waals surface area contributed by atoms with E-state index in [9.17, 15) is 4.79 Å². The second-order valence-corrected chi connectivity index (χ2v) is 5.27. The Kier molecular flexibility index (Phi) is 22.3. The third-order valence-corrected chi connectivity index (χ3v) is 3.41. The van der Waals surface area contributed by atoms with Gasteiger partial charge in [0.05, 0.1) is 6.04 Å². The van der Waals surface area contributed by atoms with E-state index in [1.807, 2.05) is 46.9 Å². The van der Waals surface area contributed by atoms with Crippen LogP contribution in [0.25, 0.3) is 0 Å². The number of hydrogen-bond donors (Lipinski definition) is 1. The molecule has 0 aliphatic carbocycles. The van der Waals surface area contributed by atoms with Crippen LogP contribution < -0.4 is 5.32 Å². The highest BCUT2D eigenvalue weighted by Crippen LogP contribution is 2.03. The number of nitrogens with zero attached hydrogens (tertiary/aromatic N) is 1. The van der Waals surface area contributed by atoms with Gasteiger partial charge in [0.1, 0.15) is 5.78 Å². The number of hydrogen-bond acceptors (Lipinski definition) is 3. The maximum atomic E-state index is 10.5. The molecule has 140 valence electrons. The van der Waals surface area contributed by atoms with Crippen molar-refractivity contribution >= 4 is 11.5 Å². The summed E-state index contributed by atoms with van der Waals surface area (Å²) in [4.78, 5) is 14.8. The molecule has 0 saturated carbocycles. The van der Waals surface area contributed by atoms with Crippen LogP contribution in [0.5, 0.6) is 0 Å². The molecule has 3 nitrogen and oxygen atoms in total. The topological polar surface area (TPSA) is 41.5 Å². The third-order valence-electron chi connectivity index (χ3n) is 3.41. The summed E-state index contributed by atoms with van der Waals surface area (Å²) in [6, 6.07) is 0.0648. The maximum Gasteiger partial charge on any atom is 0.146 e. The van der Waals surface area contributed by atoms with E-state index in [0.29, 0.717) is 0 Å². The summed E-state index contributed by atoms with van der Waals surface area (Å²) >= 11 is 0. The van der Waals surface area contributed by atoms with Crippen molar-refractivity contribution in [3.8, 4) is 0 Å². The van der Waals surface area contributed by atoms with Gasteiger partial charge in [-0.3, -0.25) is 9.79 Å². The Labute approximate surface area is 151 Å². The van der Waals surface area contributed by atoms with Crippen LogP contribution in [-0.2, 0) is 4.79 Å². The molecule has 3 heteroatoms. The van der Waals surface area contributed by atoms with E-state index in [-0.39, 0.29) is 11.8 Å². The maximum absolute atomic E-state index is 10.5. The lowest BCUT2D eigenvalue weighted by Gasteiger charge is -2.07. The first-order valence-corrected chi connectivity index (χ1v) is 9.01. The minimum atomic E-state index is 0.0648. The number of carbonyl (C=O) groups is 1. The van der Waals surface area contributed by atoms with Gasteiger partial charge in [-0.1, -0.05) is 51.5 Å². The summed E-state index contributed by atoms with van der Waals surface area (Å²) in [5.41, 5.74) is 3.68. The molecular weight excluding hydrogens is 296 g/mol. The van der Waals surface area contributed by atoms with Crippen LogP contribution in [0.1, 0.15) is 75.2 Å². The Hall–Kier alpha value is -1.48. The highest BCUT2D eigenvalue weighted by molar-refractivity contribution is 5.98. The smallest absolute Gasteiger partial charge is 0.146 e. The molecule has 0 aliphatic heterocycles. The highest BCUT2D eigenvalue weighted by atomic mass is 16.1. The van der Waals surface area contributed by atoms with Crippen molar-refractivity contribution < 1.29 is 4.79 Å². The molecule has 0 aromatic rings. The standard InChI is InChI=1S/C13H21N.C6H13NO.C2H6/c1-6-10-14-13(5)12(4)9-8-11(3)7-2;1-4-6(7-3)5(2)8;1-2/h6,8-10H,7H2,1-5H3;6-7H,4H2,1-3H3;1-2H3/b10-6-,11-8+,12-9+,14-13+;;/t;6-;/m.0./s1. The van der Waals surface area contributed by atoms with Crippen molar-refractivity contribution in [1.29, 1.82) is 0 Å². The van der Waals surface area contributed by atoms with Gasteiger partial charge in [-0.2, -0.15) is 0 Å². The molecule has 1 atom stereocenters. The summed E-state index contributed by atoms with van der Waals surface area (Å²) in [5.74, 6) is 0.218. The molecule has 0 heterocycles. The number of nitrogens with one attached hydrogen (secondary N) is 1. The fraction of sp³-hybridized carbons (Fsp3) is 0.619. The number of rotatable bonds is 7. The number of carbonyl (C=O) groups excluding carboxylic acids is 1.